The Kier molecular flexibility index (Phi) is 3.24. The van der Waals surface area contributed by atoms with Crippen molar-refractivity contribution in [2.45, 2.75) is 58.8 Å². The van der Waals surface area contributed by atoms with Crippen LogP contribution in [0, 0.1) is 28.6 Å². The van der Waals surface area contributed by atoms with Gasteiger partial charge in [-0.15, -0.1) is 0 Å². The highest BCUT2D eigenvalue weighted by molar-refractivity contribution is 5.91. The zero-order valence-electron chi connectivity index (χ0n) is 15.3. The van der Waals surface area contributed by atoms with Crippen LogP contribution in [-0.4, -0.2) is 10.8 Å². The largest absolute Gasteiger partial charge is 0.451 e. The number of hydrogen-bond donors (Lipinski definition) is 0. The molecule has 3 nitrogen and oxygen atoms in total. The van der Waals surface area contributed by atoms with Gasteiger partial charge in [0.15, 0.2) is 12.2 Å². The van der Waals surface area contributed by atoms with E-state index in [1.807, 2.05) is 6.08 Å². The van der Waals surface area contributed by atoms with Gasteiger partial charge < -0.3 is 4.42 Å². The number of aromatic nitrogens is 1. The van der Waals surface area contributed by atoms with Gasteiger partial charge in [0.2, 0.25) is 0 Å². The summed E-state index contributed by atoms with van der Waals surface area (Å²) in [5.74, 6) is 2.58. The minimum atomic E-state index is 0.236. The number of fused-ring (bicyclic) bond motifs is 5. The fraction of sp³-hybridized carbons (Fsp3) is 0.636. The second kappa shape index (κ2) is 5.18. The van der Waals surface area contributed by atoms with Crippen LogP contribution in [0.3, 0.4) is 0 Å². The van der Waals surface area contributed by atoms with Gasteiger partial charge in [0.25, 0.3) is 0 Å². The molecule has 1 aromatic rings. The normalized spacial score (nSPS) is 43.0. The lowest BCUT2D eigenvalue weighted by atomic mass is 9.47. The van der Waals surface area contributed by atoms with Crippen molar-refractivity contribution in [1.29, 1.82) is 0 Å². The highest BCUT2D eigenvalue weighted by atomic mass is 16.3. The quantitative estimate of drug-likeness (QED) is 0.707. The van der Waals surface area contributed by atoms with E-state index in [9.17, 15) is 4.79 Å². The third-order valence-electron chi connectivity index (χ3n) is 8.25. The summed E-state index contributed by atoms with van der Waals surface area (Å²) in [5, 5.41) is 0. The Labute approximate surface area is 149 Å². The van der Waals surface area contributed by atoms with Gasteiger partial charge in [-0.2, -0.15) is 0 Å². The van der Waals surface area contributed by atoms with E-state index >= 15 is 0 Å². The van der Waals surface area contributed by atoms with Crippen LogP contribution in [0.1, 0.15) is 64.5 Å². The summed E-state index contributed by atoms with van der Waals surface area (Å²) < 4.78 is 5.26. The molecule has 2 saturated carbocycles. The number of rotatable bonds is 1. The molecular formula is C22H27NO2. The van der Waals surface area contributed by atoms with Crippen LogP contribution in [0.2, 0.25) is 0 Å². The molecule has 25 heavy (non-hydrogen) atoms. The minimum Gasteiger partial charge on any atom is -0.451 e. The van der Waals surface area contributed by atoms with E-state index in [4.69, 9.17) is 4.42 Å². The standard InChI is InChI=1S/C22H27NO2/c1-21-9-7-15(24)11-14(21)3-4-16-17-5-6-19(20-12-25-13-23-20)22(17,2)10-8-18(16)21/h6,11-13,16-18H,3-5,7-10H2,1-2H3/t16-,17-,18-,21-,22-/m0/s1. The van der Waals surface area contributed by atoms with Crippen LogP contribution < -0.4 is 0 Å². The Morgan fingerprint density at radius 1 is 1.12 bits per heavy atom. The maximum atomic E-state index is 11.9. The summed E-state index contributed by atoms with van der Waals surface area (Å²) in [4.78, 5) is 16.4. The van der Waals surface area contributed by atoms with Gasteiger partial charge in [-0.05, 0) is 78.8 Å². The van der Waals surface area contributed by atoms with Crippen LogP contribution in [0.25, 0.3) is 5.57 Å². The lowest BCUT2D eigenvalue weighted by molar-refractivity contribution is -0.117. The Hall–Kier alpha value is -1.64. The van der Waals surface area contributed by atoms with Gasteiger partial charge in [-0.3, -0.25) is 4.79 Å². The van der Waals surface area contributed by atoms with Crippen molar-refractivity contribution in [1.82, 2.24) is 4.98 Å². The SMILES string of the molecule is C[C@]12CCC(=O)C=C1CC[C@@H]1[C@@H]2CC[C@]2(C)C(c3cocn3)=CC[C@@H]12. The van der Waals surface area contributed by atoms with Crippen molar-refractivity contribution in [3.05, 3.63) is 36.1 Å². The lowest BCUT2D eigenvalue weighted by Gasteiger charge is -2.57. The van der Waals surface area contributed by atoms with Crippen molar-refractivity contribution in [3.63, 3.8) is 0 Å². The molecule has 0 N–H and O–H groups in total. The molecule has 1 aromatic heterocycles. The molecule has 4 aliphatic carbocycles. The molecule has 1 heterocycles. The van der Waals surface area contributed by atoms with E-state index in [0.717, 1.165) is 36.8 Å². The summed E-state index contributed by atoms with van der Waals surface area (Å²) in [6.45, 7) is 4.91. The van der Waals surface area contributed by atoms with Crippen LogP contribution in [-0.2, 0) is 4.79 Å². The summed E-state index contributed by atoms with van der Waals surface area (Å²) in [6.07, 6.45) is 15.6. The number of hydrogen-bond acceptors (Lipinski definition) is 3. The first-order chi connectivity index (χ1) is 12.0. The first kappa shape index (κ1) is 15.6. The summed E-state index contributed by atoms with van der Waals surface area (Å²) in [7, 11) is 0. The Balaban J connectivity index is 1.49. The van der Waals surface area contributed by atoms with E-state index < -0.39 is 0 Å². The molecule has 0 unspecified atom stereocenters. The molecule has 4 aliphatic rings. The van der Waals surface area contributed by atoms with E-state index in [1.165, 1.54) is 36.8 Å². The number of carbonyl (C=O) groups is 1. The lowest BCUT2D eigenvalue weighted by Crippen LogP contribution is -2.49. The second-order valence-electron chi connectivity index (χ2n) is 9.15. The van der Waals surface area contributed by atoms with Crippen LogP contribution in [0.4, 0.5) is 0 Å². The Morgan fingerprint density at radius 3 is 2.80 bits per heavy atom. The molecule has 0 spiro atoms. The zero-order chi connectivity index (χ0) is 17.2. The molecule has 132 valence electrons. The summed E-state index contributed by atoms with van der Waals surface area (Å²) >= 11 is 0. The van der Waals surface area contributed by atoms with Gasteiger partial charge >= 0.3 is 0 Å². The highest BCUT2D eigenvalue weighted by Crippen LogP contribution is 2.66. The molecule has 5 atom stereocenters. The van der Waals surface area contributed by atoms with Crippen LogP contribution >= 0.6 is 0 Å². The molecule has 5 rings (SSSR count). The molecule has 0 amide bonds. The summed E-state index contributed by atoms with van der Waals surface area (Å²) in [5.41, 5.74) is 4.40. The average molecular weight is 337 g/mol. The molecule has 0 aromatic carbocycles. The van der Waals surface area contributed by atoms with Crippen molar-refractivity contribution in [2.24, 2.45) is 28.6 Å². The monoisotopic (exact) mass is 337 g/mol. The first-order valence-electron chi connectivity index (χ1n) is 9.85. The Morgan fingerprint density at radius 2 is 2.00 bits per heavy atom. The fourth-order valence-electron chi connectivity index (χ4n) is 6.87. The molecule has 0 bridgehead atoms. The molecule has 2 fully saturated rings. The van der Waals surface area contributed by atoms with Crippen molar-refractivity contribution in [2.75, 3.05) is 0 Å². The van der Waals surface area contributed by atoms with Gasteiger partial charge in [-0.25, -0.2) is 4.98 Å². The van der Waals surface area contributed by atoms with E-state index in [0.29, 0.717) is 11.7 Å². The second-order valence-corrected chi connectivity index (χ2v) is 9.15. The number of carbonyl (C=O) groups excluding carboxylic acids is 1. The third-order valence-corrected chi connectivity index (χ3v) is 8.25. The maximum absolute atomic E-state index is 11.9. The zero-order valence-corrected chi connectivity index (χ0v) is 15.3. The van der Waals surface area contributed by atoms with Crippen LogP contribution in [0.15, 0.2) is 34.8 Å². The summed E-state index contributed by atoms with van der Waals surface area (Å²) in [6, 6.07) is 0. The molecule has 0 saturated heterocycles. The third kappa shape index (κ3) is 2.04. The van der Waals surface area contributed by atoms with Crippen molar-refractivity contribution >= 4 is 11.4 Å². The van der Waals surface area contributed by atoms with Gasteiger partial charge in [0.05, 0.1) is 0 Å². The van der Waals surface area contributed by atoms with Gasteiger partial charge in [0.1, 0.15) is 12.0 Å². The van der Waals surface area contributed by atoms with Gasteiger partial charge in [-0.1, -0.05) is 25.5 Å². The van der Waals surface area contributed by atoms with Crippen LogP contribution in [0.5, 0.6) is 0 Å². The van der Waals surface area contributed by atoms with E-state index in [1.54, 1.807) is 12.7 Å². The minimum absolute atomic E-state index is 0.236. The Bertz CT molecular complexity index is 774. The van der Waals surface area contributed by atoms with Gasteiger partial charge in [0, 0.05) is 6.42 Å². The van der Waals surface area contributed by atoms with Crippen molar-refractivity contribution in [3.8, 4) is 0 Å². The smallest absolute Gasteiger partial charge is 0.181 e. The van der Waals surface area contributed by atoms with E-state index in [-0.39, 0.29) is 10.8 Å². The maximum Gasteiger partial charge on any atom is 0.181 e. The predicted molar refractivity (Wildman–Crippen MR) is 96.6 cm³/mol. The van der Waals surface area contributed by atoms with E-state index in [2.05, 4.69) is 24.9 Å². The number of oxazole rings is 1. The molecule has 0 radical (unpaired) electrons. The first-order valence-corrected chi connectivity index (χ1v) is 9.85. The molecule has 3 heteroatoms. The average Bonchev–Trinajstić information content (AvgIpc) is 3.22. The number of ketones is 1. The predicted octanol–water partition coefficient (Wildman–Crippen LogP) is 5.20. The number of nitrogens with zero attached hydrogens (tertiary/aromatic N) is 1. The highest BCUT2D eigenvalue weighted by Gasteiger charge is 2.57. The number of allylic oxidation sites excluding steroid dienone is 4. The molecular weight excluding hydrogens is 310 g/mol. The fourth-order valence-corrected chi connectivity index (χ4v) is 6.87. The molecule has 0 aliphatic heterocycles. The topological polar surface area (TPSA) is 43.1 Å². The van der Waals surface area contributed by atoms with Crippen molar-refractivity contribution < 1.29 is 9.21 Å².